The number of esters is 1. The van der Waals surface area contributed by atoms with Crippen LogP contribution in [0, 0.1) is 0 Å². The summed E-state index contributed by atoms with van der Waals surface area (Å²) in [5, 5.41) is 2.80. The third-order valence-electron chi connectivity index (χ3n) is 3.88. The van der Waals surface area contributed by atoms with Crippen molar-refractivity contribution in [2.75, 3.05) is 24.8 Å². The molecule has 2 aromatic rings. The number of benzene rings is 2. The summed E-state index contributed by atoms with van der Waals surface area (Å²) < 4.78 is 28.9. The minimum absolute atomic E-state index is 0.0615. The van der Waals surface area contributed by atoms with Gasteiger partial charge >= 0.3 is 5.97 Å². The van der Waals surface area contributed by atoms with Gasteiger partial charge in [0.25, 0.3) is 0 Å². The van der Waals surface area contributed by atoms with Crippen molar-refractivity contribution in [2.24, 2.45) is 0 Å². The molecule has 0 spiro atoms. The number of hydrogen-bond donors (Lipinski definition) is 1. The minimum Gasteiger partial charge on any atom is -0.461 e. The van der Waals surface area contributed by atoms with Gasteiger partial charge < -0.3 is 10.1 Å². The highest BCUT2D eigenvalue weighted by Crippen LogP contribution is 2.29. The van der Waals surface area contributed by atoms with Gasteiger partial charge in [0.05, 0.1) is 22.9 Å². The van der Waals surface area contributed by atoms with Gasteiger partial charge in [0, 0.05) is 18.9 Å². The molecule has 0 bridgehead atoms. The largest absolute Gasteiger partial charge is 0.461 e. The number of carbonyl (C=O) groups excluding carboxylic acids is 2. The van der Waals surface area contributed by atoms with Gasteiger partial charge in [0.2, 0.25) is 6.41 Å². The smallest absolute Gasteiger partial charge is 0.356 e. The number of nitrogens with zero attached hydrogens (tertiary/aromatic N) is 1. The van der Waals surface area contributed by atoms with Crippen LogP contribution in [0.4, 0.5) is 5.69 Å². The summed E-state index contributed by atoms with van der Waals surface area (Å²) in [6, 6.07) is 14.8. The quantitative estimate of drug-likeness (QED) is 0.413. The van der Waals surface area contributed by atoms with E-state index < -0.39 is 15.8 Å². The predicted octanol–water partition coefficient (Wildman–Crippen LogP) is 2.20. The highest BCUT2D eigenvalue weighted by Gasteiger charge is 2.24. The Bertz CT molecular complexity index is 985. The maximum Gasteiger partial charge on any atom is 0.356 e. The van der Waals surface area contributed by atoms with Crippen LogP contribution in [0.1, 0.15) is 12.5 Å². The molecular formula is C20H22N2O5S. The summed E-state index contributed by atoms with van der Waals surface area (Å²) in [6.45, 7) is 1.84. The molecule has 0 saturated carbocycles. The van der Waals surface area contributed by atoms with Crippen LogP contribution in [0.25, 0.3) is 5.70 Å². The number of carbonyl (C=O) groups is 2. The average molecular weight is 402 g/mol. The number of ether oxygens (including phenoxy) is 1. The first-order valence-electron chi connectivity index (χ1n) is 8.52. The molecule has 28 heavy (non-hydrogen) atoms. The molecular weight excluding hydrogens is 380 g/mol. The van der Waals surface area contributed by atoms with Crippen LogP contribution in [0.2, 0.25) is 0 Å². The molecule has 2 rings (SSSR count). The first-order chi connectivity index (χ1) is 13.3. The third-order valence-corrected chi connectivity index (χ3v) is 4.99. The van der Waals surface area contributed by atoms with Crippen molar-refractivity contribution in [3.8, 4) is 0 Å². The summed E-state index contributed by atoms with van der Waals surface area (Å²) in [4.78, 5) is 25.8. The standard InChI is InChI=1S/C20H22N2O5S/c1-4-27-20(24)18(21-2)19(15-9-6-5-7-10-15)22(14-23)16-11-8-12-17(13-16)28(3,25)26/h5-14,21H,4H2,1-3H3/b19-18-. The Morgan fingerprint density at radius 3 is 2.36 bits per heavy atom. The number of rotatable bonds is 8. The fourth-order valence-electron chi connectivity index (χ4n) is 2.63. The zero-order chi connectivity index (χ0) is 20.7. The molecule has 0 fully saturated rings. The van der Waals surface area contributed by atoms with Gasteiger partial charge in [-0.15, -0.1) is 0 Å². The van der Waals surface area contributed by atoms with Crippen molar-refractivity contribution in [1.82, 2.24) is 5.32 Å². The Morgan fingerprint density at radius 1 is 1.14 bits per heavy atom. The van der Waals surface area contributed by atoms with Crippen molar-refractivity contribution >= 4 is 33.6 Å². The highest BCUT2D eigenvalue weighted by molar-refractivity contribution is 7.90. The summed E-state index contributed by atoms with van der Waals surface area (Å²) in [5.41, 5.74) is 1.21. The van der Waals surface area contributed by atoms with Crippen LogP contribution in [-0.2, 0) is 24.2 Å². The van der Waals surface area contributed by atoms with Crippen LogP contribution >= 0.6 is 0 Å². The molecule has 8 heteroatoms. The summed E-state index contributed by atoms with van der Waals surface area (Å²) in [6.07, 6.45) is 1.61. The van der Waals surface area contributed by atoms with E-state index >= 15 is 0 Å². The molecule has 0 saturated heterocycles. The second kappa shape index (κ2) is 9.18. The van der Waals surface area contributed by atoms with E-state index in [1.807, 2.05) is 0 Å². The molecule has 0 radical (unpaired) electrons. The van der Waals surface area contributed by atoms with Crippen LogP contribution < -0.4 is 10.2 Å². The molecule has 0 aliphatic carbocycles. The van der Waals surface area contributed by atoms with E-state index in [-0.39, 0.29) is 22.9 Å². The van der Waals surface area contributed by atoms with Gasteiger partial charge in [0.1, 0.15) is 5.70 Å². The highest BCUT2D eigenvalue weighted by atomic mass is 32.2. The maximum atomic E-state index is 12.5. The Kier molecular flexibility index (Phi) is 6.94. The molecule has 0 aliphatic rings. The monoisotopic (exact) mass is 402 g/mol. The van der Waals surface area contributed by atoms with Crippen LogP contribution in [0.3, 0.4) is 0 Å². The fraction of sp³-hybridized carbons (Fsp3) is 0.200. The molecule has 1 N–H and O–H groups in total. The van der Waals surface area contributed by atoms with Gasteiger partial charge in [-0.1, -0.05) is 36.4 Å². The van der Waals surface area contributed by atoms with Crippen molar-refractivity contribution < 1.29 is 22.7 Å². The Morgan fingerprint density at radius 2 is 1.82 bits per heavy atom. The Hall–Kier alpha value is -3.13. The number of likely N-dealkylation sites (N-methyl/N-ethyl adjacent to an activating group) is 1. The first-order valence-corrected chi connectivity index (χ1v) is 10.4. The minimum atomic E-state index is -3.47. The van der Waals surface area contributed by atoms with Crippen molar-refractivity contribution in [2.45, 2.75) is 11.8 Å². The molecule has 0 atom stereocenters. The lowest BCUT2D eigenvalue weighted by Crippen LogP contribution is -2.29. The van der Waals surface area contributed by atoms with Gasteiger partial charge in [-0.2, -0.15) is 0 Å². The number of anilines is 1. The zero-order valence-corrected chi connectivity index (χ0v) is 16.7. The summed E-state index contributed by atoms with van der Waals surface area (Å²) in [7, 11) is -1.93. The van der Waals surface area contributed by atoms with E-state index in [2.05, 4.69) is 5.32 Å². The van der Waals surface area contributed by atoms with Gasteiger partial charge in [0.15, 0.2) is 9.84 Å². The summed E-state index contributed by atoms with van der Waals surface area (Å²) in [5.74, 6) is -0.630. The fourth-order valence-corrected chi connectivity index (χ4v) is 3.29. The molecule has 148 valence electrons. The molecule has 0 heterocycles. The summed E-state index contributed by atoms with van der Waals surface area (Å²) >= 11 is 0. The average Bonchev–Trinajstić information content (AvgIpc) is 2.68. The Balaban J connectivity index is 2.74. The van der Waals surface area contributed by atoms with E-state index in [4.69, 9.17) is 4.74 Å². The normalized spacial score (nSPS) is 12.0. The van der Waals surface area contributed by atoms with Crippen LogP contribution in [0.15, 0.2) is 65.2 Å². The zero-order valence-electron chi connectivity index (χ0n) is 15.9. The molecule has 7 nitrogen and oxygen atoms in total. The number of nitrogens with one attached hydrogen (secondary N) is 1. The molecule has 0 unspecified atom stereocenters. The lowest BCUT2D eigenvalue weighted by atomic mass is 10.1. The maximum absolute atomic E-state index is 12.5. The predicted molar refractivity (Wildman–Crippen MR) is 107 cm³/mol. The van der Waals surface area contributed by atoms with E-state index in [1.54, 1.807) is 50.4 Å². The van der Waals surface area contributed by atoms with Gasteiger partial charge in [-0.3, -0.25) is 9.69 Å². The second-order valence-corrected chi connectivity index (χ2v) is 7.82. The van der Waals surface area contributed by atoms with E-state index in [0.29, 0.717) is 17.7 Å². The lowest BCUT2D eigenvalue weighted by Gasteiger charge is -2.24. The number of sulfone groups is 1. The third kappa shape index (κ3) is 4.77. The number of hydrogen-bond acceptors (Lipinski definition) is 6. The molecule has 0 aliphatic heterocycles. The molecule has 2 aromatic carbocycles. The van der Waals surface area contributed by atoms with Crippen LogP contribution in [-0.4, -0.2) is 40.7 Å². The molecule has 0 aromatic heterocycles. The van der Waals surface area contributed by atoms with Gasteiger partial charge in [-0.05, 0) is 25.1 Å². The molecule has 1 amide bonds. The van der Waals surface area contributed by atoms with E-state index in [9.17, 15) is 18.0 Å². The van der Waals surface area contributed by atoms with Crippen LogP contribution in [0.5, 0.6) is 0 Å². The number of amides is 1. The van der Waals surface area contributed by atoms with E-state index in [0.717, 1.165) is 6.26 Å². The lowest BCUT2D eigenvalue weighted by molar-refractivity contribution is -0.138. The topological polar surface area (TPSA) is 92.8 Å². The van der Waals surface area contributed by atoms with Crippen molar-refractivity contribution in [3.05, 3.63) is 65.9 Å². The first kappa shape index (κ1) is 21.2. The van der Waals surface area contributed by atoms with Crippen molar-refractivity contribution in [3.63, 3.8) is 0 Å². The second-order valence-electron chi connectivity index (χ2n) is 5.81. The SMILES string of the molecule is CCOC(=O)/C(NC)=C(\c1ccccc1)N(C=O)c1cccc(S(C)(=O)=O)c1. The van der Waals surface area contributed by atoms with Gasteiger partial charge in [-0.25, -0.2) is 13.2 Å². The van der Waals surface area contributed by atoms with E-state index in [1.165, 1.54) is 23.1 Å². The van der Waals surface area contributed by atoms with Crippen molar-refractivity contribution in [1.29, 1.82) is 0 Å². The Labute approximate surface area is 164 Å².